The van der Waals surface area contributed by atoms with Crippen LogP contribution in [0.2, 0.25) is 0 Å². The van der Waals surface area contributed by atoms with Crippen LogP contribution in [0.1, 0.15) is 30.1 Å². The highest BCUT2D eigenvalue weighted by Gasteiger charge is 2.29. The Morgan fingerprint density at radius 2 is 1.81 bits per heavy atom. The predicted molar refractivity (Wildman–Crippen MR) is 53.1 cm³/mol. The topological polar surface area (TPSA) is 126 Å². The van der Waals surface area contributed by atoms with E-state index < -0.39 is 11.8 Å². The van der Waals surface area contributed by atoms with E-state index in [-0.39, 0.29) is 5.92 Å². The van der Waals surface area contributed by atoms with Gasteiger partial charge in [0.05, 0.1) is 29.7 Å². The summed E-state index contributed by atoms with van der Waals surface area (Å²) in [5.41, 5.74) is 6.52. The van der Waals surface area contributed by atoms with Gasteiger partial charge >= 0.3 is 0 Å². The number of carbonyl (C=O) groups is 1. The Morgan fingerprint density at radius 3 is 2.25 bits per heavy atom. The molecular weight excluding hydrogens is 210 g/mol. The normalized spacial score (nSPS) is 14.6. The number of aromatic amines is 2. The van der Waals surface area contributed by atoms with Crippen LogP contribution in [0.15, 0.2) is 12.4 Å². The summed E-state index contributed by atoms with van der Waals surface area (Å²) in [6.07, 6.45) is 3.03. The Bertz CT molecular complexity index is 449. The van der Waals surface area contributed by atoms with Crippen molar-refractivity contribution in [2.75, 3.05) is 0 Å². The summed E-state index contributed by atoms with van der Waals surface area (Å²) in [7, 11) is 0. The minimum absolute atomic E-state index is 0.207. The molecule has 0 saturated heterocycles. The van der Waals surface area contributed by atoms with Crippen LogP contribution in [0.5, 0.6) is 0 Å². The molecule has 0 aliphatic heterocycles. The zero-order chi connectivity index (χ0) is 11.5. The highest BCUT2D eigenvalue weighted by molar-refractivity contribution is 5.82. The molecule has 8 nitrogen and oxygen atoms in total. The molecule has 2 unspecified atom stereocenters. The Balaban J connectivity index is 2.31. The first-order valence-electron chi connectivity index (χ1n) is 4.70. The van der Waals surface area contributed by atoms with Gasteiger partial charge in [0, 0.05) is 5.92 Å². The summed E-state index contributed by atoms with van der Waals surface area (Å²) in [6, 6.07) is 0. The molecule has 0 aliphatic carbocycles. The number of H-pyrrole nitrogens is 2. The maximum atomic E-state index is 11.4. The number of rotatable bonds is 4. The summed E-state index contributed by atoms with van der Waals surface area (Å²) in [4.78, 5) is 11.4. The summed E-state index contributed by atoms with van der Waals surface area (Å²) >= 11 is 0. The fourth-order valence-corrected chi connectivity index (χ4v) is 1.61. The predicted octanol–water partition coefficient (Wildman–Crippen LogP) is -0.705. The second kappa shape index (κ2) is 4.09. The molecule has 0 bridgehead atoms. The van der Waals surface area contributed by atoms with Crippen LogP contribution in [0.4, 0.5) is 0 Å². The van der Waals surface area contributed by atoms with Crippen LogP contribution >= 0.6 is 0 Å². The number of nitrogens with two attached hydrogens (primary N) is 1. The van der Waals surface area contributed by atoms with Gasteiger partial charge in [-0.25, -0.2) is 0 Å². The molecular formula is C8H11N7O. The van der Waals surface area contributed by atoms with Gasteiger partial charge in [-0.1, -0.05) is 6.92 Å². The van der Waals surface area contributed by atoms with Gasteiger partial charge in [-0.3, -0.25) is 4.79 Å². The lowest BCUT2D eigenvalue weighted by Crippen LogP contribution is -2.26. The number of nitrogens with one attached hydrogen (secondary N) is 2. The van der Waals surface area contributed by atoms with Gasteiger partial charge in [0.25, 0.3) is 0 Å². The molecule has 2 aromatic rings. The minimum atomic E-state index is -0.566. The smallest absolute Gasteiger partial charge is 0.227 e. The largest absolute Gasteiger partial charge is 0.369 e. The molecule has 4 N–H and O–H groups in total. The Kier molecular flexibility index (Phi) is 2.63. The van der Waals surface area contributed by atoms with Crippen LogP contribution in [-0.2, 0) is 4.79 Å². The zero-order valence-corrected chi connectivity index (χ0v) is 8.58. The molecule has 2 aromatic heterocycles. The molecule has 8 heteroatoms. The van der Waals surface area contributed by atoms with Gasteiger partial charge < -0.3 is 5.73 Å². The average molecular weight is 221 g/mol. The van der Waals surface area contributed by atoms with Crippen molar-refractivity contribution in [3.8, 4) is 0 Å². The van der Waals surface area contributed by atoms with E-state index in [1.165, 1.54) is 6.20 Å². The molecule has 2 atom stereocenters. The number of hydrogen-bond acceptors (Lipinski definition) is 5. The Labute approximate surface area is 90.6 Å². The fraction of sp³-hybridized carbons (Fsp3) is 0.375. The van der Waals surface area contributed by atoms with E-state index in [0.717, 1.165) is 0 Å². The van der Waals surface area contributed by atoms with E-state index in [9.17, 15) is 4.79 Å². The van der Waals surface area contributed by atoms with E-state index in [4.69, 9.17) is 5.73 Å². The maximum Gasteiger partial charge on any atom is 0.227 e. The van der Waals surface area contributed by atoms with Crippen molar-refractivity contribution in [3.63, 3.8) is 0 Å². The first-order valence-corrected chi connectivity index (χ1v) is 4.70. The van der Waals surface area contributed by atoms with Crippen molar-refractivity contribution in [1.82, 2.24) is 30.8 Å². The minimum Gasteiger partial charge on any atom is -0.369 e. The molecule has 0 radical (unpaired) electrons. The van der Waals surface area contributed by atoms with Crippen LogP contribution in [-0.4, -0.2) is 36.7 Å². The van der Waals surface area contributed by atoms with Crippen LogP contribution in [0.3, 0.4) is 0 Å². The van der Waals surface area contributed by atoms with Crippen molar-refractivity contribution in [3.05, 3.63) is 23.8 Å². The molecule has 0 aromatic carbocycles. The van der Waals surface area contributed by atoms with Crippen molar-refractivity contribution in [1.29, 1.82) is 0 Å². The van der Waals surface area contributed by atoms with Crippen LogP contribution in [0, 0.1) is 0 Å². The standard InChI is InChI=1S/C8H11N7O/c1-4(5-2-10-14-12-5)7(8(9)16)6-3-11-15-13-6/h2-4,7H,1H3,(H2,9,16)(H,10,12,14)(H,11,13,15). The lowest BCUT2D eigenvalue weighted by Gasteiger charge is -2.16. The van der Waals surface area contributed by atoms with Gasteiger partial charge in [0.15, 0.2) is 0 Å². The molecule has 0 aliphatic rings. The monoisotopic (exact) mass is 221 g/mol. The van der Waals surface area contributed by atoms with Crippen molar-refractivity contribution in [2.24, 2.45) is 5.73 Å². The van der Waals surface area contributed by atoms with E-state index in [1.54, 1.807) is 6.20 Å². The lowest BCUT2D eigenvalue weighted by molar-refractivity contribution is -0.120. The highest BCUT2D eigenvalue weighted by atomic mass is 16.1. The third kappa shape index (κ3) is 1.76. The lowest BCUT2D eigenvalue weighted by atomic mass is 9.88. The van der Waals surface area contributed by atoms with Gasteiger partial charge in [0.1, 0.15) is 0 Å². The number of carbonyl (C=O) groups excluding carboxylic acids is 1. The molecule has 0 saturated carbocycles. The third-order valence-electron chi connectivity index (χ3n) is 2.46. The van der Waals surface area contributed by atoms with Gasteiger partial charge in [-0.2, -0.15) is 30.8 Å². The van der Waals surface area contributed by atoms with E-state index in [0.29, 0.717) is 11.4 Å². The van der Waals surface area contributed by atoms with E-state index >= 15 is 0 Å². The number of aromatic nitrogens is 6. The number of amides is 1. The van der Waals surface area contributed by atoms with Crippen molar-refractivity contribution < 1.29 is 4.79 Å². The molecule has 1 amide bonds. The fourth-order valence-electron chi connectivity index (χ4n) is 1.61. The number of nitrogens with zero attached hydrogens (tertiary/aromatic N) is 4. The Morgan fingerprint density at radius 1 is 1.25 bits per heavy atom. The quantitative estimate of drug-likeness (QED) is 0.629. The maximum absolute atomic E-state index is 11.4. The SMILES string of the molecule is CC(c1cn[nH]n1)C(C(N)=O)c1cn[nH]n1. The summed E-state index contributed by atoms with van der Waals surface area (Å²) < 4.78 is 0. The summed E-state index contributed by atoms with van der Waals surface area (Å²) in [5, 5.41) is 20.1. The van der Waals surface area contributed by atoms with E-state index in [1.807, 2.05) is 6.92 Å². The van der Waals surface area contributed by atoms with Crippen LogP contribution in [0.25, 0.3) is 0 Å². The summed E-state index contributed by atoms with van der Waals surface area (Å²) in [6.45, 7) is 1.84. The summed E-state index contributed by atoms with van der Waals surface area (Å²) in [5.74, 6) is -1.24. The first kappa shape index (κ1) is 10.3. The zero-order valence-electron chi connectivity index (χ0n) is 8.58. The average Bonchev–Trinajstić information content (AvgIpc) is 2.89. The molecule has 0 spiro atoms. The molecule has 2 rings (SSSR count). The van der Waals surface area contributed by atoms with Gasteiger partial charge in [-0.15, -0.1) is 0 Å². The molecule has 16 heavy (non-hydrogen) atoms. The van der Waals surface area contributed by atoms with Crippen molar-refractivity contribution in [2.45, 2.75) is 18.8 Å². The molecule has 0 fully saturated rings. The second-order valence-corrected chi connectivity index (χ2v) is 3.46. The highest BCUT2D eigenvalue weighted by Crippen LogP contribution is 2.29. The third-order valence-corrected chi connectivity index (χ3v) is 2.46. The number of hydrogen-bond donors (Lipinski definition) is 3. The second-order valence-electron chi connectivity index (χ2n) is 3.46. The van der Waals surface area contributed by atoms with Gasteiger partial charge in [0.2, 0.25) is 5.91 Å². The molecule has 84 valence electrons. The number of primary amides is 1. The van der Waals surface area contributed by atoms with Crippen molar-refractivity contribution >= 4 is 5.91 Å². The first-order chi connectivity index (χ1) is 7.70. The van der Waals surface area contributed by atoms with E-state index in [2.05, 4.69) is 30.8 Å². The van der Waals surface area contributed by atoms with Crippen LogP contribution < -0.4 is 5.73 Å². The van der Waals surface area contributed by atoms with Gasteiger partial charge in [-0.05, 0) is 0 Å². The molecule has 2 heterocycles. The Hall–Kier alpha value is -2.25.